The Morgan fingerprint density at radius 3 is 2.48 bits per heavy atom. The first-order valence-corrected chi connectivity index (χ1v) is 9.63. The summed E-state index contributed by atoms with van der Waals surface area (Å²) in [4.78, 5) is 21.5. The number of hydrogen-bond acceptors (Lipinski definition) is 4. The minimum absolute atomic E-state index is 0.0811. The van der Waals surface area contributed by atoms with Gasteiger partial charge in [0.2, 0.25) is 0 Å². The van der Waals surface area contributed by atoms with E-state index in [0.717, 1.165) is 24.4 Å². The smallest absolute Gasteiger partial charge is 0.264 e. The normalized spacial score (nSPS) is 15.7. The molecule has 1 aromatic carbocycles. The average Bonchev–Trinajstić information content (AvgIpc) is 2.66. The summed E-state index contributed by atoms with van der Waals surface area (Å²) in [6.07, 6.45) is 3.25. The van der Waals surface area contributed by atoms with E-state index in [1.807, 2.05) is 68.4 Å². The molecule has 1 fully saturated rings. The van der Waals surface area contributed by atoms with Gasteiger partial charge in [-0.1, -0.05) is 26.0 Å². The average molecular weight is 367 g/mol. The zero-order valence-corrected chi connectivity index (χ0v) is 16.7. The fourth-order valence-corrected chi connectivity index (χ4v) is 3.48. The number of carbonyl (C=O) groups is 1. The van der Waals surface area contributed by atoms with Crippen LogP contribution in [0, 0.1) is 19.8 Å². The standard InChI is InChI=1S/C22H29N3O2/c1-16(2)21(27-19-7-5-6-17(3)14-19)22(26)25-12-10-24(11-13-25)20-8-9-23-15-18(20)4/h5-9,14-16,21H,10-13H2,1-4H3/t21-/m1/s1. The van der Waals surface area contributed by atoms with Crippen molar-refractivity contribution in [2.45, 2.75) is 33.8 Å². The topological polar surface area (TPSA) is 45.7 Å². The van der Waals surface area contributed by atoms with Crippen molar-refractivity contribution >= 4 is 11.6 Å². The highest BCUT2D eigenvalue weighted by molar-refractivity contribution is 5.82. The number of ether oxygens (including phenoxy) is 1. The van der Waals surface area contributed by atoms with Crippen molar-refractivity contribution in [1.29, 1.82) is 0 Å². The fraction of sp³-hybridized carbons (Fsp3) is 0.455. The minimum Gasteiger partial charge on any atom is -0.480 e. The van der Waals surface area contributed by atoms with Gasteiger partial charge in [0, 0.05) is 44.3 Å². The fourth-order valence-electron chi connectivity index (χ4n) is 3.48. The molecule has 0 saturated carbocycles. The number of anilines is 1. The van der Waals surface area contributed by atoms with Gasteiger partial charge in [-0.2, -0.15) is 0 Å². The molecule has 5 nitrogen and oxygen atoms in total. The molecule has 1 atom stereocenters. The summed E-state index contributed by atoms with van der Waals surface area (Å²) in [5, 5.41) is 0. The lowest BCUT2D eigenvalue weighted by atomic mass is 10.0. The predicted molar refractivity (Wildman–Crippen MR) is 108 cm³/mol. The van der Waals surface area contributed by atoms with Crippen LogP contribution in [0.25, 0.3) is 0 Å². The van der Waals surface area contributed by atoms with E-state index in [9.17, 15) is 4.79 Å². The van der Waals surface area contributed by atoms with Gasteiger partial charge in [-0.25, -0.2) is 0 Å². The molecule has 0 N–H and O–H groups in total. The molecule has 2 aromatic rings. The third kappa shape index (κ3) is 4.59. The molecule has 2 heterocycles. The number of benzene rings is 1. The quantitative estimate of drug-likeness (QED) is 0.812. The van der Waals surface area contributed by atoms with Crippen LogP contribution in [-0.2, 0) is 4.79 Å². The molecule has 1 amide bonds. The van der Waals surface area contributed by atoms with E-state index in [4.69, 9.17) is 4.74 Å². The largest absolute Gasteiger partial charge is 0.480 e. The molecule has 5 heteroatoms. The molecule has 1 aliphatic rings. The second kappa shape index (κ2) is 8.42. The Bertz CT molecular complexity index is 783. The lowest BCUT2D eigenvalue weighted by Gasteiger charge is -2.38. The maximum absolute atomic E-state index is 13.1. The summed E-state index contributed by atoms with van der Waals surface area (Å²) in [6, 6.07) is 9.93. The van der Waals surface area contributed by atoms with Crippen LogP contribution in [0.3, 0.4) is 0 Å². The van der Waals surface area contributed by atoms with E-state index in [1.165, 1.54) is 11.3 Å². The molecular weight excluding hydrogens is 338 g/mol. The van der Waals surface area contributed by atoms with E-state index in [2.05, 4.69) is 16.8 Å². The third-order valence-corrected chi connectivity index (χ3v) is 5.02. The first-order chi connectivity index (χ1) is 13.0. The van der Waals surface area contributed by atoms with Crippen molar-refractivity contribution in [3.05, 3.63) is 53.9 Å². The zero-order valence-electron chi connectivity index (χ0n) is 16.7. The van der Waals surface area contributed by atoms with Gasteiger partial charge in [0.1, 0.15) is 5.75 Å². The van der Waals surface area contributed by atoms with Gasteiger partial charge in [-0.3, -0.25) is 9.78 Å². The molecule has 1 aliphatic heterocycles. The number of aryl methyl sites for hydroxylation is 2. The summed E-state index contributed by atoms with van der Waals surface area (Å²) in [5.74, 6) is 0.948. The first-order valence-electron chi connectivity index (χ1n) is 9.63. The Morgan fingerprint density at radius 2 is 1.85 bits per heavy atom. The van der Waals surface area contributed by atoms with Gasteiger partial charge in [-0.05, 0) is 49.1 Å². The van der Waals surface area contributed by atoms with E-state index in [0.29, 0.717) is 13.1 Å². The maximum Gasteiger partial charge on any atom is 0.264 e. The van der Waals surface area contributed by atoms with Crippen LogP contribution >= 0.6 is 0 Å². The second-order valence-electron chi connectivity index (χ2n) is 7.57. The molecule has 1 aromatic heterocycles. The van der Waals surface area contributed by atoms with E-state index in [-0.39, 0.29) is 11.8 Å². The molecule has 144 valence electrons. The summed E-state index contributed by atoms with van der Waals surface area (Å²) in [6.45, 7) is 11.2. The summed E-state index contributed by atoms with van der Waals surface area (Å²) >= 11 is 0. The molecule has 3 rings (SSSR count). The molecular formula is C22H29N3O2. The van der Waals surface area contributed by atoms with E-state index < -0.39 is 6.10 Å². The molecule has 0 spiro atoms. The van der Waals surface area contributed by atoms with E-state index in [1.54, 1.807) is 0 Å². The highest BCUT2D eigenvalue weighted by Gasteiger charge is 2.31. The van der Waals surface area contributed by atoms with Crippen LogP contribution in [0.2, 0.25) is 0 Å². The van der Waals surface area contributed by atoms with Crippen LogP contribution in [0.1, 0.15) is 25.0 Å². The Morgan fingerprint density at radius 1 is 1.11 bits per heavy atom. The number of nitrogens with zero attached hydrogens (tertiary/aromatic N) is 3. The van der Waals surface area contributed by atoms with Crippen molar-refractivity contribution < 1.29 is 9.53 Å². The maximum atomic E-state index is 13.1. The van der Waals surface area contributed by atoms with Crippen molar-refractivity contribution in [2.24, 2.45) is 5.92 Å². The molecule has 0 bridgehead atoms. The van der Waals surface area contributed by atoms with Gasteiger partial charge in [0.05, 0.1) is 0 Å². The Labute approximate surface area is 162 Å². The zero-order chi connectivity index (χ0) is 19.4. The second-order valence-corrected chi connectivity index (χ2v) is 7.57. The number of piperazine rings is 1. The van der Waals surface area contributed by atoms with Crippen LogP contribution in [0.4, 0.5) is 5.69 Å². The summed E-state index contributed by atoms with van der Waals surface area (Å²) < 4.78 is 6.09. The van der Waals surface area contributed by atoms with E-state index >= 15 is 0 Å². The SMILES string of the molecule is Cc1cccc(O[C@@H](C(=O)N2CCN(c3ccncc3C)CC2)C(C)C)c1. The van der Waals surface area contributed by atoms with Gasteiger partial charge in [-0.15, -0.1) is 0 Å². The third-order valence-electron chi connectivity index (χ3n) is 5.02. The summed E-state index contributed by atoms with van der Waals surface area (Å²) in [5.41, 5.74) is 3.50. The van der Waals surface area contributed by atoms with Crippen LogP contribution in [-0.4, -0.2) is 48.1 Å². The Balaban J connectivity index is 1.65. The predicted octanol–water partition coefficient (Wildman–Crippen LogP) is 3.45. The van der Waals surface area contributed by atoms with Crippen molar-refractivity contribution in [3.8, 4) is 5.75 Å². The number of carbonyl (C=O) groups excluding carboxylic acids is 1. The number of hydrogen-bond donors (Lipinski definition) is 0. The van der Waals surface area contributed by atoms with Crippen molar-refractivity contribution in [2.75, 3.05) is 31.1 Å². The van der Waals surface area contributed by atoms with Crippen molar-refractivity contribution in [3.63, 3.8) is 0 Å². The number of aromatic nitrogens is 1. The summed E-state index contributed by atoms with van der Waals surface area (Å²) in [7, 11) is 0. The molecule has 0 unspecified atom stereocenters. The lowest BCUT2D eigenvalue weighted by molar-refractivity contribution is -0.141. The monoisotopic (exact) mass is 367 g/mol. The van der Waals surface area contributed by atoms with Gasteiger partial charge >= 0.3 is 0 Å². The lowest BCUT2D eigenvalue weighted by Crippen LogP contribution is -2.53. The first kappa shape index (κ1) is 19.2. The molecule has 0 aliphatic carbocycles. The van der Waals surface area contributed by atoms with Crippen LogP contribution in [0.15, 0.2) is 42.7 Å². The Kier molecular flexibility index (Phi) is 5.99. The number of pyridine rings is 1. The number of rotatable bonds is 5. The van der Waals surface area contributed by atoms with Crippen molar-refractivity contribution in [1.82, 2.24) is 9.88 Å². The van der Waals surface area contributed by atoms with Crippen LogP contribution < -0.4 is 9.64 Å². The minimum atomic E-state index is -0.457. The number of amides is 1. The molecule has 27 heavy (non-hydrogen) atoms. The molecule has 1 saturated heterocycles. The van der Waals surface area contributed by atoms with Gasteiger partial charge in [0.15, 0.2) is 6.10 Å². The highest BCUT2D eigenvalue weighted by Crippen LogP contribution is 2.22. The highest BCUT2D eigenvalue weighted by atomic mass is 16.5. The molecule has 0 radical (unpaired) electrons. The van der Waals surface area contributed by atoms with Gasteiger partial charge < -0.3 is 14.5 Å². The van der Waals surface area contributed by atoms with Crippen LogP contribution in [0.5, 0.6) is 5.75 Å². The Hall–Kier alpha value is -2.56. The van der Waals surface area contributed by atoms with Gasteiger partial charge in [0.25, 0.3) is 5.91 Å².